The summed E-state index contributed by atoms with van der Waals surface area (Å²) in [6, 6.07) is 9.41. The molecule has 98 valence electrons. The van der Waals surface area contributed by atoms with Crippen LogP contribution in [0.3, 0.4) is 0 Å². The number of aromatic nitrogens is 1. The standard InChI is InChI=1S/C14H15N3O2/c18-14(19)12-9-10-3-1-2-4-11(10)13(16-12)17-7-5-15-6-8-17/h1-4,9,15H,5-8H2,(H,18,19). The van der Waals surface area contributed by atoms with Gasteiger partial charge in [0.25, 0.3) is 0 Å². The predicted octanol–water partition coefficient (Wildman–Crippen LogP) is 1.34. The van der Waals surface area contributed by atoms with Crippen molar-refractivity contribution in [2.75, 3.05) is 31.1 Å². The maximum Gasteiger partial charge on any atom is 0.354 e. The normalized spacial score (nSPS) is 15.7. The third-order valence-corrected chi connectivity index (χ3v) is 3.36. The van der Waals surface area contributed by atoms with E-state index in [9.17, 15) is 9.90 Å². The number of hydrogen-bond acceptors (Lipinski definition) is 4. The zero-order valence-electron chi connectivity index (χ0n) is 10.5. The minimum absolute atomic E-state index is 0.104. The van der Waals surface area contributed by atoms with Crippen molar-refractivity contribution in [3.8, 4) is 0 Å². The molecule has 0 atom stereocenters. The first-order valence-electron chi connectivity index (χ1n) is 6.34. The van der Waals surface area contributed by atoms with Crippen molar-refractivity contribution in [3.63, 3.8) is 0 Å². The van der Waals surface area contributed by atoms with Crippen LogP contribution in [0.15, 0.2) is 30.3 Å². The van der Waals surface area contributed by atoms with Crippen molar-refractivity contribution >= 4 is 22.6 Å². The molecule has 1 aromatic heterocycles. The molecule has 2 aromatic rings. The van der Waals surface area contributed by atoms with Gasteiger partial charge in [-0.2, -0.15) is 0 Å². The molecule has 2 N–H and O–H groups in total. The van der Waals surface area contributed by atoms with Crippen LogP contribution in [0.5, 0.6) is 0 Å². The molecule has 0 aliphatic carbocycles. The number of nitrogens with zero attached hydrogens (tertiary/aromatic N) is 2. The van der Waals surface area contributed by atoms with Crippen LogP contribution in [0.1, 0.15) is 10.5 Å². The molecule has 0 spiro atoms. The third-order valence-electron chi connectivity index (χ3n) is 3.36. The fraction of sp³-hybridized carbons (Fsp3) is 0.286. The Hall–Kier alpha value is -2.14. The van der Waals surface area contributed by atoms with Gasteiger partial charge >= 0.3 is 5.97 Å². The molecular weight excluding hydrogens is 242 g/mol. The fourth-order valence-electron chi connectivity index (χ4n) is 2.41. The van der Waals surface area contributed by atoms with E-state index in [1.165, 1.54) is 0 Å². The number of pyridine rings is 1. The van der Waals surface area contributed by atoms with Crippen LogP contribution in [0.4, 0.5) is 5.82 Å². The first-order valence-corrected chi connectivity index (χ1v) is 6.34. The van der Waals surface area contributed by atoms with Crippen molar-refractivity contribution in [2.24, 2.45) is 0 Å². The molecule has 3 rings (SSSR count). The van der Waals surface area contributed by atoms with Crippen molar-refractivity contribution in [1.82, 2.24) is 10.3 Å². The summed E-state index contributed by atoms with van der Waals surface area (Å²) >= 11 is 0. The minimum Gasteiger partial charge on any atom is -0.477 e. The maximum atomic E-state index is 11.2. The Bertz CT molecular complexity index is 621. The minimum atomic E-state index is -0.984. The van der Waals surface area contributed by atoms with E-state index in [2.05, 4.69) is 15.2 Å². The summed E-state index contributed by atoms with van der Waals surface area (Å²) in [5.74, 6) is -0.209. The molecule has 1 aromatic carbocycles. The smallest absolute Gasteiger partial charge is 0.354 e. The summed E-state index contributed by atoms with van der Waals surface area (Å²) in [5.41, 5.74) is 0.104. The van der Waals surface area contributed by atoms with Crippen LogP contribution in [0.2, 0.25) is 0 Å². The third kappa shape index (κ3) is 2.24. The lowest BCUT2D eigenvalue weighted by Crippen LogP contribution is -2.44. The van der Waals surface area contributed by atoms with E-state index >= 15 is 0 Å². The monoisotopic (exact) mass is 257 g/mol. The van der Waals surface area contributed by atoms with Crippen molar-refractivity contribution in [3.05, 3.63) is 36.0 Å². The van der Waals surface area contributed by atoms with Crippen LogP contribution >= 0.6 is 0 Å². The summed E-state index contributed by atoms with van der Waals surface area (Å²) in [5, 5.41) is 14.4. The van der Waals surface area contributed by atoms with E-state index < -0.39 is 5.97 Å². The van der Waals surface area contributed by atoms with E-state index in [1.807, 2.05) is 24.3 Å². The molecule has 19 heavy (non-hydrogen) atoms. The first kappa shape index (κ1) is 11.9. The second-order valence-corrected chi connectivity index (χ2v) is 4.59. The van der Waals surface area contributed by atoms with Gasteiger partial charge in [0, 0.05) is 31.6 Å². The summed E-state index contributed by atoms with van der Waals surface area (Å²) in [7, 11) is 0. The lowest BCUT2D eigenvalue weighted by atomic mass is 10.1. The number of carboxylic acid groups (broad SMARTS) is 1. The van der Waals surface area contributed by atoms with Gasteiger partial charge in [-0.3, -0.25) is 0 Å². The highest BCUT2D eigenvalue weighted by atomic mass is 16.4. The molecule has 0 radical (unpaired) electrons. The maximum absolute atomic E-state index is 11.2. The molecule has 5 heteroatoms. The van der Waals surface area contributed by atoms with Crippen LogP contribution < -0.4 is 10.2 Å². The molecule has 0 unspecified atom stereocenters. The van der Waals surface area contributed by atoms with Crippen LogP contribution in [0.25, 0.3) is 10.8 Å². The zero-order valence-corrected chi connectivity index (χ0v) is 10.5. The number of fused-ring (bicyclic) bond motifs is 1. The van der Waals surface area contributed by atoms with Gasteiger partial charge in [0.2, 0.25) is 0 Å². The average Bonchev–Trinajstić information content (AvgIpc) is 2.47. The number of benzene rings is 1. The molecule has 1 aliphatic rings. The van der Waals surface area contributed by atoms with Crippen LogP contribution in [-0.4, -0.2) is 42.2 Å². The number of rotatable bonds is 2. The highest BCUT2D eigenvalue weighted by Crippen LogP contribution is 2.26. The molecule has 5 nitrogen and oxygen atoms in total. The first-order chi connectivity index (χ1) is 9.25. The summed E-state index contributed by atoms with van der Waals surface area (Å²) in [4.78, 5) is 17.7. The summed E-state index contributed by atoms with van der Waals surface area (Å²) < 4.78 is 0. The van der Waals surface area contributed by atoms with Crippen molar-refractivity contribution in [2.45, 2.75) is 0 Å². The second kappa shape index (κ2) is 4.85. The Morgan fingerprint density at radius 1 is 1.26 bits per heavy atom. The molecule has 0 bridgehead atoms. The summed E-state index contributed by atoms with van der Waals surface area (Å²) in [6.07, 6.45) is 0. The number of anilines is 1. The number of carboxylic acids is 1. The van der Waals surface area contributed by atoms with E-state index in [4.69, 9.17) is 0 Å². The summed E-state index contributed by atoms with van der Waals surface area (Å²) in [6.45, 7) is 3.49. The number of carbonyl (C=O) groups is 1. The molecular formula is C14H15N3O2. The second-order valence-electron chi connectivity index (χ2n) is 4.59. The van der Waals surface area contributed by atoms with E-state index in [-0.39, 0.29) is 5.69 Å². The largest absolute Gasteiger partial charge is 0.477 e. The Balaban J connectivity index is 2.16. The average molecular weight is 257 g/mol. The van der Waals surface area contributed by atoms with Crippen LogP contribution in [-0.2, 0) is 0 Å². The molecule has 0 amide bonds. The highest BCUT2D eigenvalue weighted by Gasteiger charge is 2.17. The van der Waals surface area contributed by atoms with Gasteiger partial charge in [-0.15, -0.1) is 0 Å². The quantitative estimate of drug-likeness (QED) is 0.850. The van der Waals surface area contributed by atoms with Gasteiger partial charge in [0.1, 0.15) is 5.82 Å². The number of piperazine rings is 1. The topological polar surface area (TPSA) is 65.5 Å². The predicted molar refractivity (Wildman–Crippen MR) is 73.8 cm³/mol. The SMILES string of the molecule is O=C(O)c1cc2ccccc2c(N2CCNCC2)n1. The number of aromatic carboxylic acids is 1. The van der Waals surface area contributed by atoms with Crippen molar-refractivity contribution < 1.29 is 9.90 Å². The number of nitrogens with one attached hydrogen (secondary N) is 1. The van der Waals surface area contributed by atoms with Gasteiger partial charge in [0.15, 0.2) is 5.69 Å². The Labute approximate surface area is 110 Å². The molecule has 1 fully saturated rings. The zero-order chi connectivity index (χ0) is 13.2. The Morgan fingerprint density at radius 2 is 2.00 bits per heavy atom. The van der Waals surface area contributed by atoms with Gasteiger partial charge in [-0.25, -0.2) is 9.78 Å². The van der Waals surface area contributed by atoms with E-state index in [0.29, 0.717) is 0 Å². The number of hydrogen-bond donors (Lipinski definition) is 2. The van der Waals surface area contributed by atoms with Crippen molar-refractivity contribution in [1.29, 1.82) is 0 Å². The molecule has 1 saturated heterocycles. The van der Waals surface area contributed by atoms with Crippen LogP contribution in [0, 0.1) is 0 Å². The molecule has 0 saturated carbocycles. The lowest BCUT2D eigenvalue weighted by molar-refractivity contribution is 0.0691. The van der Waals surface area contributed by atoms with Gasteiger partial charge in [0.05, 0.1) is 0 Å². The Morgan fingerprint density at radius 3 is 2.74 bits per heavy atom. The lowest BCUT2D eigenvalue weighted by Gasteiger charge is -2.29. The van der Waals surface area contributed by atoms with Gasteiger partial charge in [-0.1, -0.05) is 24.3 Å². The Kier molecular flexibility index (Phi) is 3.05. The van der Waals surface area contributed by atoms with E-state index in [0.717, 1.165) is 42.8 Å². The highest BCUT2D eigenvalue weighted by molar-refractivity contribution is 5.98. The van der Waals surface area contributed by atoms with Gasteiger partial charge in [-0.05, 0) is 11.5 Å². The molecule has 1 aliphatic heterocycles. The fourth-order valence-corrected chi connectivity index (χ4v) is 2.41. The van der Waals surface area contributed by atoms with E-state index in [1.54, 1.807) is 6.07 Å². The molecule has 2 heterocycles. The van der Waals surface area contributed by atoms with Gasteiger partial charge < -0.3 is 15.3 Å².